The van der Waals surface area contributed by atoms with Crippen LogP contribution in [-0.2, 0) is 17.7 Å². The highest BCUT2D eigenvalue weighted by molar-refractivity contribution is 6.04. The number of aromatic nitrogens is 3. The Bertz CT molecular complexity index is 1600. The average molecular weight is 478 g/mol. The minimum atomic E-state index is -0.770. The molecule has 0 atom stereocenters. The van der Waals surface area contributed by atoms with Crippen LogP contribution in [0.15, 0.2) is 96.1 Å². The molecule has 0 radical (unpaired) electrons. The molecule has 0 amide bonds. The van der Waals surface area contributed by atoms with E-state index < -0.39 is 5.97 Å². The lowest BCUT2D eigenvalue weighted by Crippen LogP contribution is -2.24. The predicted octanol–water partition coefficient (Wildman–Crippen LogP) is 4.86. The zero-order chi connectivity index (χ0) is 25.1. The number of aromatic hydroxyl groups is 1. The van der Waals surface area contributed by atoms with Crippen molar-refractivity contribution >= 4 is 16.9 Å². The first kappa shape index (κ1) is 23.0. The van der Waals surface area contributed by atoms with E-state index in [9.17, 15) is 14.7 Å². The molecule has 7 heteroatoms. The Morgan fingerprint density at radius 3 is 2.28 bits per heavy atom. The van der Waals surface area contributed by atoms with Crippen molar-refractivity contribution in [2.45, 2.75) is 13.0 Å². The quantitative estimate of drug-likeness (QED) is 0.351. The summed E-state index contributed by atoms with van der Waals surface area (Å²) in [5.41, 5.74) is 3.23. The van der Waals surface area contributed by atoms with E-state index in [1.807, 2.05) is 60.7 Å². The van der Waals surface area contributed by atoms with E-state index in [1.54, 1.807) is 35.2 Å². The van der Waals surface area contributed by atoms with Gasteiger partial charge in [0.25, 0.3) is 5.56 Å². The molecule has 0 unspecified atom stereocenters. The number of ether oxygens (including phenoxy) is 1. The maximum absolute atomic E-state index is 13.9. The molecule has 0 aliphatic carbocycles. The number of nitrogens with zero attached hydrogens (tertiary/aromatic N) is 3. The Labute approximate surface area is 207 Å². The SMILES string of the molecule is COC(=O)c1nc(-c2ccncc2)c2c(cc(-c3ccccc3)c(=O)n2CCc2ccccc2)c1O. The zero-order valence-electron chi connectivity index (χ0n) is 19.6. The largest absolute Gasteiger partial charge is 0.505 e. The molecule has 0 aliphatic rings. The Hall–Kier alpha value is -4.78. The Kier molecular flexibility index (Phi) is 6.28. The normalized spacial score (nSPS) is 10.9. The van der Waals surface area contributed by atoms with Gasteiger partial charge in [-0.15, -0.1) is 0 Å². The number of methoxy groups -OCH3 is 1. The van der Waals surface area contributed by atoms with Gasteiger partial charge < -0.3 is 14.4 Å². The molecular formula is C29H23N3O4. The van der Waals surface area contributed by atoms with Gasteiger partial charge in [-0.1, -0.05) is 60.7 Å². The number of benzene rings is 2. The average Bonchev–Trinajstić information content (AvgIpc) is 2.93. The molecule has 0 bridgehead atoms. The summed E-state index contributed by atoms with van der Waals surface area (Å²) in [5, 5.41) is 11.5. The van der Waals surface area contributed by atoms with Gasteiger partial charge in [-0.25, -0.2) is 9.78 Å². The molecule has 5 rings (SSSR count). The smallest absolute Gasteiger partial charge is 0.360 e. The van der Waals surface area contributed by atoms with Crippen LogP contribution in [0, 0.1) is 0 Å². The van der Waals surface area contributed by atoms with Crippen molar-refractivity contribution < 1.29 is 14.6 Å². The van der Waals surface area contributed by atoms with Crippen molar-refractivity contribution in [3.63, 3.8) is 0 Å². The lowest BCUT2D eigenvalue weighted by atomic mass is 10.0. The third-order valence-electron chi connectivity index (χ3n) is 6.10. The lowest BCUT2D eigenvalue weighted by molar-refractivity contribution is 0.0591. The summed E-state index contributed by atoms with van der Waals surface area (Å²) in [6.07, 6.45) is 3.81. The minimum absolute atomic E-state index is 0.216. The van der Waals surface area contributed by atoms with Gasteiger partial charge in [0.05, 0.1) is 18.3 Å². The number of rotatable bonds is 6. The molecule has 5 aromatic rings. The van der Waals surface area contributed by atoms with Crippen LogP contribution in [0.2, 0.25) is 0 Å². The van der Waals surface area contributed by atoms with Crippen LogP contribution in [0.25, 0.3) is 33.3 Å². The topological polar surface area (TPSA) is 94.3 Å². The van der Waals surface area contributed by atoms with Crippen molar-refractivity contribution in [1.82, 2.24) is 14.5 Å². The lowest BCUT2D eigenvalue weighted by Gasteiger charge is -2.18. The van der Waals surface area contributed by atoms with Crippen molar-refractivity contribution in [2.75, 3.05) is 7.11 Å². The van der Waals surface area contributed by atoms with Crippen LogP contribution < -0.4 is 5.56 Å². The van der Waals surface area contributed by atoms with Crippen LogP contribution in [-0.4, -0.2) is 32.7 Å². The molecule has 3 aromatic heterocycles. The Balaban J connectivity index is 1.86. The van der Waals surface area contributed by atoms with E-state index in [1.165, 1.54) is 7.11 Å². The van der Waals surface area contributed by atoms with Crippen LogP contribution in [0.4, 0.5) is 0 Å². The van der Waals surface area contributed by atoms with Gasteiger partial charge in [-0.05, 0) is 35.7 Å². The number of carbonyl (C=O) groups is 1. The summed E-state index contributed by atoms with van der Waals surface area (Å²) in [6.45, 7) is 0.344. The molecule has 36 heavy (non-hydrogen) atoms. The van der Waals surface area contributed by atoms with Gasteiger partial charge in [0, 0.05) is 35.5 Å². The summed E-state index contributed by atoms with van der Waals surface area (Å²) < 4.78 is 6.52. The first-order valence-corrected chi connectivity index (χ1v) is 11.5. The van der Waals surface area contributed by atoms with E-state index >= 15 is 0 Å². The monoisotopic (exact) mass is 477 g/mol. The number of hydrogen-bond donors (Lipinski definition) is 1. The Morgan fingerprint density at radius 2 is 1.61 bits per heavy atom. The number of esters is 1. The third kappa shape index (κ3) is 4.22. The van der Waals surface area contributed by atoms with Crippen molar-refractivity contribution in [3.8, 4) is 28.1 Å². The van der Waals surface area contributed by atoms with Gasteiger partial charge in [0.1, 0.15) is 0 Å². The highest BCUT2D eigenvalue weighted by Crippen LogP contribution is 2.36. The molecule has 0 saturated carbocycles. The molecule has 178 valence electrons. The second kappa shape index (κ2) is 9.84. The summed E-state index contributed by atoms with van der Waals surface area (Å²) in [7, 11) is 1.23. The van der Waals surface area contributed by atoms with Gasteiger partial charge in [-0.2, -0.15) is 0 Å². The fourth-order valence-electron chi connectivity index (χ4n) is 4.32. The summed E-state index contributed by atoms with van der Waals surface area (Å²) >= 11 is 0. The van der Waals surface area contributed by atoms with Crippen molar-refractivity contribution in [2.24, 2.45) is 0 Å². The second-order valence-corrected chi connectivity index (χ2v) is 8.26. The second-order valence-electron chi connectivity index (χ2n) is 8.26. The minimum Gasteiger partial charge on any atom is -0.505 e. The molecule has 0 spiro atoms. The first-order valence-electron chi connectivity index (χ1n) is 11.5. The highest BCUT2D eigenvalue weighted by atomic mass is 16.5. The molecule has 7 nitrogen and oxygen atoms in total. The van der Waals surface area contributed by atoms with Crippen molar-refractivity contribution in [3.05, 3.63) is 113 Å². The van der Waals surface area contributed by atoms with E-state index in [2.05, 4.69) is 9.97 Å². The molecule has 3 heterocycles. The summed E-state index contributed by atoms with van der Waals surface area (Å²) in [6, 6.07) is 24.2. The van der Waals surface area contributed by atoms with Crippen LogP contribution >= 0.6 is 0 Å². The number of pyridine rings is 3. The summed E-state index contributed by atoms with van der Waals surface area (Å²) in [4.78, 5) is 35.0. The zero-order valence-corrected chi connectivity index (χ0v) is 19.6. The number of hydrogen-bond acceptors (Lipinski definition) is 6. The van der Waals surface area contributed by atoms with E-state index in [0.717, 1.165) is 5.56 Å². The molecule has 1 N–H and O–H groups in total. The van der Waals surface area contributed by atoms with Gasteiger partial charge in [0.2, 0.25) is 0 Å². The number of aryl methyl sites for hydroxylation is 2. The summed E-state index contributed by atoms with van der Waals surface area (Å²) in [5.74, 6) is -1.10. The molecule has 0 aliphatic heterocycles. The van der Waals surface area contributed by atoms with Gasteiger partial charge in [0.15, 0.2) is 11.4 Å². The van der Waals surface area contributed by atoms with E-state index in [0.29, 0.717) is 46.3 Å². The molecular weight excluding hydrogens is 454 g/mol. The van der Waals surface area contributed by atoms with Crippen LogP contribution in [0.1, 0.15) is 16.1 Å². The van der Waals surface area contributed by atoms with Gasteiger partial charge >= 0.3 is 5.97 Å². The first-order chi connectivity index (χ1) is 17.6. The molecule has 2 aromatic carbocycles. The van der Waals surface area contributed by atoms with Crippen LogP contribution in [0.3, 0.4) is 0 Å². The standard InChI is InChI=1S/C29H23N3O4/c1-36-29(35)25-27(33)23-18-22(20-10-6-3-7-11-20)28(34)32(17-14-19-8-4-2-5-9-19)26(23)24(31-25)21-12-15-30-16-13-21/h2-13,15-16,18,33H,14,17H2,1H3. The Morgan fingerprint density at radius 1 is 0.944 bits per heavy atom. The highest BCUT2D eigenvalue weighted by Gasteiger charge is 2.24. The maximum atomic E-state index is 13.9. The van der Waals surface area contributed by atoms with Gasteiger partial charge in [-0.3, -0.25) is 9.78 Å². The molecule has 0 saturated heterocycles. The van der Waals surface area contributed by atoms with E-state index in [4.69, 9.17) is 4.74 Å². The van der Waals surface area contributed by atoms with E-state index in [-0.39, 0.29) is 17.0 Å². The fraction of sp³-hybridized carbons (Fsp3) is 0.103. The van der Waals surface area contributed by atoms with Crippen molar-refractivity contribution in [1.29, 1.82) is 0 Å². The molecule has 0 fully saturated rings. The predicted molar refractivity (Wildman–Crippen MR) is 138 cm³/mol. The maximum Gasteiger partial charge on any atom is 0.360 e. The number of fused-ring (bicyclic) bond motifs is 1. The fourth-order valence-corrected chi connectivity index (χ4v) is 4.32. The third-order valence-corrected chi connectivity index (χ3v) is 6.10. The van der Waals surface area contributed by atoms with Crippen LogP contribution in [0.5, 0.6) is 5.75 Å². The number of carbonyl (C=O) groups excluding carboxylic acids is 1.